The van der Waals surface area contributed by atoms with Crippen LogP contribution in [-0.2, 0) is 20.7 Å². The van der Waals surface area contributed by atoms with Gasteiger partial charge < -0.3 is 14.6 Å². The summed E-state index contributed by atoms with van der Waals surface area (Å²) in [6.45, 7) is 3.90. The molecule has 2 aromatic carbocycles. The minimum atomic E-state index is -0.567. The SMILES string of the molecule is CCOC(=O)Cc1c(C(=O)OCC)cc(O)c2ccccc12. The number of hydrogen-bond donors (Lipinski definition) is 1. The monoisotopic (exact) mass is 302 g/mol. The Morgan fingerprint density at radius 3 is 2.32 bits per heavy atom. The highest BCUT2D eigenvalue weighted by Crippen LogP contribution is 2.31. The number of ether oxygens (including phenoxy) is 2. The highest BCUT2D eigenvalue weighted by Gasteiger charge is 2.20. The van der Waals surface area contributed by atoms with Gasteiger partial charge in [0.25, 0.3) is 0 Å². The van der Waals surface area contributed by atoms with Crippen molar-refractivity contribution in [3.8, 4) is 5.75 Å². The molecule has 2 rings (SSSR count). The molecule has 2 aromatic rings. The van der Waals surface area contributed by atoms with E-state index in [4.69, 9.17) is 9.47 Å². The topological polar surface area (TPSA) is 72.8 Å². The van der Waals surface area contributed by atoms with E-state index < -0.39 is 11.9 Å². The number of aromatic hydroxyl groups is 1. The van der Waals surface area contributed by atoms with Crippen LogP contribution in [0.4, 0.5) is 0 Å². The number of phenolic OH excluding ortho intramolecular Hbond substituents is 1. The minimum absolute atomic E-state index is 0.0220. The standard InChI is InChI=1S/C17H18O5/c1-3-21-16(19)10-13-11-7-5-6-8-12(11)15(18)9-14(13)17(20)22-4-2/h5-9,18H,3-4,10H2,1-2H3. The summed E-state index contributed by atoms with van der Waals surface area (Å²) < 4.78 is 9.98. The van der Waals surface area contributed by atoms with Gasteiger partial charge in [-0.25, -0.2) is 4.79 Å². The second-order valence-corrected chi connectivity index (χ2v) is 4.67. The van der Waals surface area contributed by atoms with E-state index in [1.165, 1.54) is 6.07 Å². The number of hydrogen-bond acceptors (Lipinski definition) is 5. The fraction of sp³-hybridized carbons (Fsp3) is 0.294. The molecule has 1 N–H and O–H groups in total. The van der Waals surface area contributed by atoms with E-state index in [1.807, 2.05) is 0 Å². The van der Waals surface area contributed by atoms with Gasteiger partial charge in [0.1, 0.15) is 5.75 Å². The lowest BCUT2D eigenvalue weighted by atomic mass is 9.95. The lowest BCUT2D eigenvalue weighted by Gasteiger charge is -2.13. The number of carbonyl (C=O) groups excluding carboxylic acids is 2. The van der Waals surface area contributed by atoms with Crippen LogP contribution in [-0.4, -0.2) is 30.3 Å². The molecule has 116 valence electrons. The molecule has 0 spiro atoms. The normalized spacial score (nSPS) is 10.5. The second kappa shape index (κ2) is 6.93. The van der Waals surface area contributed by atoms with Gasteiger partial charge in [0, 0.05) is 5.39 Å². The van der Waals surface area contributed by atoms with Crippen molar-refractivity contribution in [1.82, 2.24) is 0 Å². The van der Waals surface area contributed by atoms with E-state index in [0.717, 1.165) is 0 Å². The molecule has 0 heterocycles. The van der Waals surface area contributed by atoms with Crippen molar-refractivity contribution in [3.05, 3.63) is 41.5 Å². The summed E-state index contributed by atoms with van der Waals surface area (Å²) in [5, 5.41) is 11.3. The first kappa shape index (κ1) is 15.8. The number of fused-ring (bicyclic) bond motifs is 1. The van der Waals surface area contributed by atoms with Crippen molar-refractivity contribution in [2.75, 3.05) is 13.2 Å². The van der Waals surface area contributed by atoms with Crippen molar-refractivity contribution < 1.29 is 24.2 Å². The van der Waals surface area contributed by atoms with E-state index in [2.05, 4.69) is 0 Å². The van der Waals surface area contributed by atoms with Crippen LogP contribution in [0.1, 0.15) is 29.8 Å². The third kappa shape index (κ3) is 3.19. The second-order valence-electron chi connectivity index (χ2n) is 4.67. The molecule has 0 atom stereocenters. The first-order chi connectivity index (χ1) is 10.6. The Morgan fingerprint density at radius 2 is 1.68 bits per heavy atom. The molecule has 22 heavy (non-hydrogen) atoms. The first-order valence-electron chi connectivity index (χ1n) is 7.14. The fourth-order valence-electron chi connectivity index (χ4n) is 2.35. The first-order valence-corrected chi connectivity index (χ1v) is 7.14. The number of rotatable bonds is 5. The maximum absolute atomic E-state index is 12.1. The van der Waals surface area contributed by atoms with E-state index in [1.54, 1.807) is 38.1 Å². The Bertz CT molecular complexity index is 706. The van der Waals surface area contributed by atoms with Crippen LogP contribution in [0.15, 0.2) is 30.3 Å². The average molecular weight is 302 g/mol. The molecular weight excluding hydrogens is 284 g/mol. The van der Waals surface area contributed by atoms with Gasteiger partial charge in [-0.3, -0.25) is 4.79 Å². The molecular formula is C17H18O5. The van der Waals surface area contributed by atoms with Crippen LogP contribution in [0.2, 0.25) is 0 Å². The van der Waals surface area contributed by atoms with Gasteiger partial charge in [0.15, 0.2) is 0 Å². The maximum Gasteiger partial charge on any atom is 0.338 e. The van der Waals surface area contributed by atoms with E-state index in [-0.39, 0.29) is 30.9 Å². The van der Waals surface area contributed by atoms with Gasteiger partial charge in [-0.15, -0.1) is 0 Å². The van der Waals surface area contributed by atoms with Crippen LogP contribution in [0.25, 0.3) is 10.8 Å². The Hall–Kier alpha value is -2.56. The summed E-state index contributed by atoms with van der Waals surface area (Å²) in [5.41, 5.74) is 0.691. The molecule has 0 aromatic heterocycles. The Morgan fingerprint density at radius 1 is 1.05 bits per heavy atom. The van der Waals surface area contributed by atoms with Crippen molar-refractivity contribution in [1.29, 1.82) is 0 Å². The summed E-state index contributed by atoms with van der Waals surface area (Å²) in [5.74, 6) is -1.02. The number of phenols is 1. The molecule has 0 fully saturated rings. The molecule has 0 aliphatic heterocycles. The minimum Gasteiger partial charge on any atom is -0.507 e. The summed E-state index contributed by atoms with van der Waals surface area (Å²) in [7, 11) is 0. The molecule has 5 nitrogen and oxygen atoms in total. The van der Waals surface area contributed by atoms with Gasteiger partial charge in [-0.2, -0.15) is 0 Å². The van der Waals surface area contributed by atoms with Crippen molar-refractivity contribution >= 4 is 22.7 Å². The Labute approximate surface area is 128 Å². The number of carbonyl (C=O) groups is 2. The summed E-state index contributed by atoms with van der Waals surface area (Å²) >= 11 is 0. The molecule has 0 unspecified atom stereocenters. The van der Waals surface area contributed by atoms with E-state index >= 15 is 0 Å². The van der Waals surface area contributed by atoms with Gasteiger partial charge in [-0.05, 0) is 30.9 Å². The Balaban J connectivity index is 2.61. The van der Waals surface area contributed by atoms with Gasteiger partial charge in [0.2, 0.25) is 0 Å². The zero-order chi connectivity index (χ0) is 16.1. The molecule has 0 amide bonds. The molecule has 0 aliphatic carbocycles. The van der Waals surface area contributed by atoms with Crippen LogP contribution < -0.4 is 0 Å². The zero-order valence-electron chi connectivity index (χ0n) is 12.6. The van der Waals surface area contributed by atoms with Crippen LogP contribution >= 0.6 is 0 Å². The van der Waals surface area contributed by atoms with Gasteiger partial charge in [-0.1, -0.05) is 24.3 Å². The largest absolute Gasteiger partial charge is 0.507 e. The van der Waals surface area contributed by atoms with Crippen LogP contribution in [0.5, 0.6) is 5.75 Å². The predicted octanol–water partition coefficient (Wildman–Crippen LogP) is 2.83. The molecule has 0 radical (unpaired) electrons. The number of benzene rings is 2. The number of esters is 2. The summed E-state index contributed by atoms with van der Waals surface area (Å²) in [6.07, 6.45) is -0.0528. The van der Waals surface area contributed by atoms with Gasteiger partial charge >= 0.3 is 11.9 Å². The van der Waals surface area contributed by atoms with Crippen molar-refractivity contribution in [3.63, 3.8) is 0 Å². The van der Waals surface area contributed by atoms with Crippen LogP contribution in [0, 0.1) is 0 Å². The average Bonchev–Trinajstić information content (AvgIpc) is 2.50. The highest BCUT2D eigenvalue weighted by molar-refractivity contribution is 6.03. The highest BCUT2D eigenvalue weighted by atomic mass is 16.5. The smallest absolute Gasteiger partial charge is 0.338 e. The molecule has 5 heteroatoms. The Kier molecular flexibility index (Phi) is 4.99. The van der Waals surface area contributed by atoms with E-state index in [9.17, 15) is 14.7 Å². The quantitative estimate of drug-likeness (QED) is 0.860. The maximum atomic E-state index is 12.1. The third-order valence-corrected chi connectivity index (χ3v) is 3.26. The zero-order valence-corrected chi connectivity index (χ0v) is 12.6. The fourth-order valence-corrected chi connectivity index (χ4v) is 2.35. The van der Waals surface area contributed by atoms with E-state index in [0.29, 0.717) is 16.3 Å². The van der Waals surface area contributed by atoms with Crippen molar-refractivity contribution in [2.45, 2.75) is 20.3 Å². The summed E-state index contributed by atoms with van der Waals surface area (Å²) in [4.78, 5) is 24.0. The van der Waals surface area contributed by atoms with Crippen molar-refractivity contribution in [2.24, 2.45) is 0 Å². The summed E-state index contributed by atoms with van der Waals surface area (Å²) in [6, 6.07) is 8.39. The van der Waals surface area contributed by atoms with Gasteiger partial charge in [0.05, 0.1) is 25.2 Å². The van der Waals surface area contributed by atoms with Crippen LogP contribution in [0.3, 0.4) is 0 Å². The molecule has 0 bridgehead atoms. The lowest BCUT2D eigenvalue weighted by Crippen LogP contribution is -2.14. The molecule has 0 saturated heterocycles. The lowest BCUT2D eigenvalue weighted by molar-refractivity contribution is -0.142. The molecule has 0 saturated carbocycles. The predicted molar refractivity (Wildman–Crippen MR) is 81.9 cm³/mol. The molecule has 0 aliphatic rings. The third-order valence-electron chi connectivity index (χ3n) is 3.26.